The summed E-state index contributed by atoms with van der Waals surface area (Å²) in [6.07, 6.45) is 4.29. The van der Waals surface area contributed by atoms with E-state index in [9.17, 15) is 18.0 Å². The van der Waals surface area contributed by atoms with Crippen LogP contribution in [0.25, 0.3) is 0 Å². The van der Waals surface area contributed by atoms with Crippen molar-refractivity contribution in [2.24, 2.45) is 0 Å². The number of halogens is 3. The zero-order chi connectivity index (χ0) is 17.2. The highest BCUT2D eigenvalue weighted by molar-refractivity contribution is 7.97. The summed E-state index contributed by atoms with van der Waals surface area (Å²) in [5.41, 5.74) is -5.65. The lowest BCUT2D eigenvalue weighted by Crippen LogP contribution is -2.31. The normalized spacial score (nSPS) is 16.8. The van der Waals surface area contributed by atoms with Crippen LogP contribution in [0.5, 0.6) is 0 Å². The van der Waals surface area contributed by atoms with E-state index in [-0.39, 0.29) is 0 Å². The number of ether oxygens (including phenoxy) is 1. The zero-order valence-corrected chi connectivity index (χ0v) is 14.0. The van der Waals surface area contributed by atoms with Crippen molar-refractivity contribution < 1.29 is 35.7 Å². The number of hydrogen-bond donors (Lipinski definition) is 0. The third-order valence-electron chi connectivity index (χ3n) is 2.74. The molecule has 1 rings (SSSR count). The van der Waals surface area contributed by atoms with E-state index in [1.54, 1.807) is 0 Å². The first-order valence-electron chi connectivity index (χ1n) is 6.83. The third-order valence-corrected chi connectivity index (χ3v) is 5.53. The fourth-order valence-electron chi connectivity index (χ4n) is 1.57. The first-order valence-corrected chi connectivity index (χ1v) is 9.97. The second-order valence-corrected chi connectivity index (χ2v) is 8.37. The highest BCUT2D eigenvalue weighted by Crippen LogP contribution is 2.20. The standard InChI is InChI=1S/C11H21O2S.CHF3O3S/c1-2-3-4-5-11(12)10-14-8-6-13-7-9-14;2-1(3,4)8(5,6)7/h2-10H2,1H3;(H,5,6,7)/q+1;/p-1. The van der Waals surface area contributed by atoms with Gasteiger partial charge in [-0.3, -0.25) is 4.79 Å². The molecule has 132 valence electrons. The fourth-order valence-corrected chi connectivity index (χ4v) is 3.37. The number of ketones is 1. The van der Waals surface area contributed by atoms with Crippen LogP contribution < -0.4 is 0 Å². The summed E-state index contributed by atoms with van der Waals surface area (Å²) in [6.45, 7) is 3.90. The second kappa shape index (κ2) is 10.5. The number of unbranched alkanes of at least 4 members (excludes halogenated alkanes) is 2. The average Bonchev–Trinajstić information content (AvgIpc) is 2.38. The largest absolute Gasteiger partial charge is 0.741 e. The summed E-state index contributed by atoms with van der Waals surface area (Å²) >= 11 is 0. The van der Waals surface area contributed by atoms with Gasteiger partial charge in [-0.15, -0.1) is 0 Å². The molecule has 10 heteroatoms. The molecule has 0 atom stereocenters. The summed E-state index contributed by atoms with van der Waals surface area (Å²) in [5.74, 6) is 3.52. The average molecular weight is 366 g/mol. The van der Waals surface area contributed by atoms with Crippen LogP contribution in [0.2, 0.25) is 0 Å². The molecule has 0 N–H and O–H groups in total. The molecule has 1 aliphatic heterocycles. The molecule has 0 saturated carbocycles. The molecular weight excluding hydrogens is 345 g/mol. The Kier molecular flexibility index (Phi) is 10.3. The van der Waals surface area contributed by atoms with Crippen molar-refractivity contribution in [3.8, 4) is 0 Å². The number of Topliss-reactive ketones (excluding diaryl/α,β-unsaturated/α-hetero) is 1. The molecule has 22 heavy (non-hydrogen) atoms. The van der Waals surface area contributed by atoms with Gasteiger partial charge in [-0.05, 0) is 17.3 Å². The van der Waals surface area contributed by atoms with E-state index < -0.39 is 15.6 Å². The van der Waals surface area contributed by atoms with Gasteiger partial charge in [0.15, 0.2) is 21.7 Å². The lowest BCUT2D eigenvalue weighted by Gasteiger charge is -2.13. The quantitative estimate of drug-likeness (QED) is 0.310. The number of rotatable bonds is 6. The lowest BCUT2D eigenvalue weighted by atomic mass is 10.2. The van der Waals surface area contributed by atoms with Crippen molar-refractivity contribution in [3.05, 3.63) is 0 Å². The minimum Gasteiger partial charge on any atom is -0.741 e. The molecule has 0 amide bonds. The van der Waals surface area contributed by atoms with Crippen LogP contribution in [0, 0.1) is 0 Å². The number of alkyl halides is 3. The Balaban J connectivity index is 0.000000472. The zero-order valence-electron chi connectivity index (χ0n) is 12.4. The number of carbonyl (C=O) groups is 1. The molecule has 0 aromatic rings. The maximum atomic E-state index is 11.6. The third kappa shape index (κ3) is 10.4. The molecule has 1 saturated heterocycles. The molecule has 1 heterocycles. The molecule has 0 aliphatic carbocycles. The molecule has 0 aromatic carbocycles. The second-order valence-electron chi connectivity index (χ2n) is 4.67. The summed E-state index contributed by atoms with van der Waals surface area (Å²) in [6, 6.07) is 0. The maximum Gasteiger partial charge on any atom is 0.485 e. The van der Waals surface area contributed by atoms with Crippen molar-refractivity contribution in [2.45, 2.75) is 38.1 Å². The van der Waals surface area contributed by atoms with E-state index in [0.717, 1.165) is 43.3 Å². The summed E-state index contributed by atoms with van der Waals surface area (Å²) in [4.78, 5) is 11.6. The first-order chi connectivity index (χ1) is 10.1. The van der Waals surface area contributed by atoms with Gasteiger partial charge in [-0.25, -0.2) is 8.42 Å². The Labute approximate surface area is 131 Å². The van der Waals surface area contributed by atoms with Gasteiger partial charge in [0, 0.05) is 6.42 Å². The highest BCUT2D eigenvalue weighted by Gasteiger charge is 2.36. The fraction of sp³-hybridized carbons (Fsp3) is 0.917. The van der Waals surface area contributed by atoms with Crippen molar-refractivity contribution >= 4 is 26.8 Å². The van der Waals surface area contributed by atoms with Crippen LogP contribution in [0.15, 0.2) is 0 Å². The molecular formula is C12H21F3O5S2. The van der Waals surface area contributed by atoms with Crippen LogP contribution in [0.3, 0.4) is 0 Å². The van der Waals surface area contributed by atoms with Crippen molar-refractivity contribution in [2.75, 3.05) is 30.5 Å². The van der Waals surface area contributed by atoms with Gasteiger partial charge in [-0.1, -0.05) is 19.8 Å². The molecule has 1 aliphatic rings. The predicted octanol–water partition coefficient (Wildman–Crippen LogP) is 1.84. The van der Waals surface area contributed by atoms with E-state index >= 15 is 0 Å². The van der Waals surface area contributed by atoms with Crippen LogP contribution in [-0.4, -0.2) is 54.7 Å². The van der Waals surface area contributed by atoms with E-state index in [2.05, 4.69) is 6.92 Å². The van der Waals surface area contributed by atoms with E-state index in [1.807, 2.05) is 0 Å². The summed E-state index contributed by atoms with van der Waals surface area (Å²) in [5, 5.41) is 0. The molecule has 0 radical (unpaired) electrons. The van der Waals surface area contributed by atoms with Gasteiger partial charge in [0.25, 0.3) is 0 Å². The van der Waals surface area contributed by atoms with E-state index in [1.165, 1.54) is 12.8 Å². The van der Waals surface area contributed by atoms with Crippen molar-refractivity contribution in [1.29, 1.82) is 0 Å². The summed E-state index contributed by atoms with van der Waals surface area (Å²) in [7, 11) is -5.74. The molecule has 0 unspecified atom stereocenters. The Morgan fingerprint density at radius 3 is 2.14 bits per heavy atom. The summed E-state index contributed by atoms with van der Waals surface area (Å²) < 4.78 is 64.2. The minimum absolute atomic E-state index is 0.345. The topological polar surface area (TPSA) is 83.5 Å². The Morgan fingerprint density at radius 1 is 1.23 bits per heavy atom. The minimum atomic E-state index is -6.09. The highest BCUT2D eigenvalue weighted by atomic mass is 32.2. The SMILES string of the molecule is CCCCCC(=O)C[S+]1CCOCC1.O=S(=O)([O-])C(F)(F)F. The molecule has 0 aromatic heterocycles. The van der Waals surface area contributed by atoms with Crippen LogP contribution in [0.1, 0.15) is 32.6 Å². The first kappa shape index (κ1) is 21.7. The monoisotopic (exact) mass is 366 g/mol. The van der Waals surface area contributed by atoms with Crippen LogP contribution in [-0.2, 0) is 30.5 Å². The Bertz CT molecular complexity index is 417. The van der Waals surface area contributed by atoms with Gasteiger partial charge < -0.3 is 9.29 Å². The predicted molar refractivity (Wildman–Crippen MR) is 77.7 cm³/mol. The van der Waals surface area contributed by atoms with Crippen LogP contribution >= 0.6 is 0 Å². The number of hydrogen-bond acceptors (Lipinski definition) is 5. The molecule has 5 nitrogen and oxygen atoms in total. The molecule has 1 fully saturated rings. The molecule has 0 bridgehead atoms. The van der Waals surface area contributed by atoms with Gasteiger partial charge in [0.05, 0.1) is 13.2 Å². The van der Waals surface area contributed by atoms with Crippen molar-refractivity contribution in [1.82, 2.24) is 0 Å². The smallest absolute Gasteiger partial charge is 0.485 e. The maximum absolute atomic E-state index is 11.6. The van der Waals surface area contributed by atoms with Gasteiger partial charge in [0.1, 0.15) is 11.5 Å². The Morgan fingerprint density at radius 2 is 1.73 bits per heavy atom. The van der Waals surface area contributed by atoms with Crippen molar-refractivity contribution in [3.63, 3.8) is 0 Å². The van der Waals surface area contributed by atoms with E-state index in [0.29, 0.717) is 16.7 Å². The van der Waals surface area contributed by atoms with Gasteiger partial charge in [0.2, 0.25) is 0 Å². The Hall–Kier alpha value is -0.320. The van der Waals surface area contributed by atoms with Gasteiger partial charge >= 0.3 is 5.51 Å². The van der Waals surface area contributed by atoms with Gasteiger partial charge in [-0.2, -0.15) is 13.2 Å². The van der Waals surface area contributed by atoms with E-state index in [4.69, 9.17) is 17.7 Å². The number of carbonyl (C=O) groups excluding carboxylic acids is 1. The lowest BCUT2D eigenvalue weighted by molar-refractivity contribution is -0.116. The molecule has 0 spiro atoms. The van der Waals surface area contributed by atoms with Crippen LogP contribution in [0.4, 0.5) is 13.2 Å².